The Hall–Kier alpha value is -2.88. The first-order valence-corrected chi connectivity index (χ1v) is 8.17. The lowest BCUT2D eigenvalue weighted by Crippen LogP contribution is -2.36. The maximum atomic E-state index is 12.5. The number of rotatable bonds is 4. The molecule has 1 heterocycles. The quantitative estimate of drug-likeness (QED) is 0.726. The molecule has 0 radical (unpaired) electrons. The molecule has 1 aromatic heterocycles. The molecule has 3 aromatic rings. The van der Waals surface area contributed by atoms with Gasteiger partial charge in [0, 0.05) is 5.39 Å². The summed E-state index contributed by atoms with van der Waals surface area (Å²) in [4.78, 5) is 17.0. The number of hydrogen-bond acceptors (Lipinski definition) is 3. The summed E-state index contributed by atoms with van der Waals surface area (Å²) in [6.07, 6.45) is 2.24. The fourth-order valence-corrected chi connectivity index (χ4v) is 3.15. The molecule has 4 heteroatoms. The van der Waals surface area contributed by atoms with E-state index in [0.717, 1.165) is 29.4 Å². The van der Waals surface area contributed by atoms with E-state index in [0.29, 0.717) is 5.69 Å². The van der Waals surface area contributed by atoms with E-state index in [4.69, 9.17) is 5.73 Å². The third-order valence-corrected chi connectivity index (χ3v) is 4.61. The lowest BCUT2D eigenvalue weighted by molar-refractivity contribution is -0.121. The first kappa shape index (κ1) is 14.7. The van der Waals surface area contributed by atoms with Crippen LogP contribution in [0.1, 0.15) is 24.1 Å². The summed E-state index contributed by atoms with van der Waals surface area (Å²) in [5.41, 5.74) is 9.10. The highest BCUT2D eigenvalue weighted by atomic mass is 16.1. The first-order valence-electron chi connectivity index (χ1n) is 8.17. The van der Waals surface area contributed by atoms with Crippen LogP contribution < -0.4 is 11.1 Å². The van der Waals surface area contributed by atoms with E-state index in [2.05, 4.69) is 22.4 Å². The number of carbonyl (C=O) groups is 1. The number of nitrogens with one attached hydrogen (secondary N) is 1. The third kappa shape index (κ3) is 2.71. The summed E-state index contributed by atoms with van der Waals surface area (Å²) >= 11 is 0. The van der Waals surface area contributed by atoms with Crippen molar-refractivity contribution in [2.24, 2.45) is 0 Å². The second-order valence-corrected chi connectivity index (χ2v) is 6.39. The predicted molar refractivity (Wildman–Crippen MR) is 95.4 cm³/mol. The van der Waals surface area contributed by atoms with Crippen LogP contribution in [0.2, 0.25) is 0 Å². The summed E-state index contributed by atoms with van der Waals surface area (Å²) < 4.78 is 0. The van der Waals surface area contributed by atoms with Crippen molar-refractivity contribution in [3.8, 4) is 0 Å². The standard InChI is InChI=1S/C20H19N3O/c21-17-8-4-5-14-9-10-16(22-19(14)17)13-18(24)23-20(11-12-20)15-6-2-1-3-7-15/h1-10H,11-13,21H2,(H,23,24). The summed E-state index contributed by atoms with van der Waals surface area (Å²) in [7, 11) is 0. The number of carbonyl (C=O) groups excluding carboxylic acids is 1. The zero-order valence-electron chi connectivity index (χ0n) is 13.3. The number of fused-ring (bicyclic) bond motifs is 1. The van der Waals surface area contributed by atoms with Gasteiger partial charge in [0.05, 0.1) is 28.9 Å². The van der Waals surface area contributed by atoms with Crippen molar-refractivity contribution in [1.82, 2.24) is 10.3 Å². The SMILES string of the molecule is Nc1cccc2ccc(CC(=O)NC3(c4ccccc4)CC3)nc12. The molecule has 1 saturated carbocycles. The van der Waals surface area contributed by atoms with Crippen LogP contribution >= 0.6 is 0 Å². The summed E-state index contributed by atoms with van der Waals surface area (Å²) in [5, 5.41) is 4.17. The van der Waals surface area contributed by atoms with Crippen molar-refractivity contribution < 1.29 is 4.79 Å². The molecule has 3 N–H and O–H groups in total. The van der Waals surface area contributed by atoms with Crippen molar-refractivity contribution in [3.63, 3.8) is 0 Å². The average molecular weight is 317 g/mol. The molecule has 0 spiro atoms. The molecular formula is C20H19N3O. The maximum absolute atomic E-state index is 12.5. The molecular weight excluding hydrogens is 298 g/mol. The molecule has 0 aliphatic heterocycles. The number of nitrogen functional groups attached to an aromatic ring is 1. The van der Waals surface area contributed by atoms with Crippen molar-refractivity contribution >= 4 is 22.5 Å². The summed E-state index contributed by atoms with van der Waals surface area (Å²) in [5.74, 6) is -0.00212. The average Bonchev–Trinajstić information content (AvgIpc) is 3.37. The number of nitrogens with two attached hydrogens (primary N) is 1. The second-order valence-electron chi connectivity index (χ2n) is 6.39. The van der Waals surface area contributed by atoms with Crippen molar-refractivity contribution in [3.05, 3.63) is 71.9 Å². The van der Waals surface area contributed by atoms with Crippen LogP contribution in [0, 0.1) is 0 Å². The van der Waals surface area contributed by atoms with Crippen LogP contribution in [-0.4, -0.2) is 10.9 Å². The fourth-order valence-electron chi connectivity index (χ4n) is 3.15. The highest BCUT2D eigenvalue weighted by Crippen LogP contribution is 2.45. The molecule has 1 fully saturated rings. The predicted octanol–water partition coefficient (Wildman–Crippen LogP) is 3.17. The largest absolute Gasteiger partial charge is 0.397 e. The maximum Gasteiger partial charge on any atom is 0.226 e. The van der Waals surface area contributed by atoms with Crippen LogP contribution in [0.25, 0.3) is 10.9 Å². The third-order valence-electron chi connectivity index (χ3n) is 4.61. The van der Waals surface area contributed by atoms with Gasteiger partial charge in [-0.3, -0.25) is 9.78 Å². The minimum atomic E-state index is -0.186. The molecule has 24 heavy (non-hydrogen) atoms. The Morgan fingerprint density at radius 3 is 2.58 bits per heavy atom. The van der Waals surface area contributed by atoms with Gasteiger partial charge in [-0.2, -0.15) is 0 Å². The van der Waals surface area contributed by atoms with Gasteiger partial charge >= 0.3 is 0 Å². The number of aromatic nitrogens is 1. The zero-order chi connectivity index (χ0) is 16.6. The van der Waals surface area contributed by atoms with Gasteiger partial charge in [0.2, 0.25) is 5.91 Å². The number of anilines is 1. The molecule has 120 valence electrons. The normalized spacial score (nSPS) is 15.2. The van der Waals surface area contributed by atoms with E-state index in [-0.39, 0.29) is 17.9 Å². The molecule has 2 aromatic carbocycles. The molecule has 0 bridgehead atoms. The van der Waals surface area contributed by atoms with E-state index in [1.807, 2.05) is 48.5 Å². The first-order chi connectivity index (χ1) is 11.7. The highest BCUT2D eigenvalue weighted by molar-refractivity contribution is 5.89. The van der Waals surface area contributed by atoms with E-state index in [1.165, 1.54) is 5.56 Å². The number of para-hydroxylation sites is 1. The molecule has 1 aliphatic carbocycles. The molecule has 4 rings (SSSR count). The molecule has 1 aliphatic rings. The van der Waals surface area contributed by atoms with Crippen LogP contribution in [0.4, 0.5) is 5.69 Å². The molecule has 0 unspecified atom stereocenters. The molecule has 0 atom stereocenters. The van der Waals surface area contributed by atoms with Gasteiger partial charge < -0.3 is 11.1 Å². The van der Waals surface area contributed by atoms with Crippen molar-refractivity contribution in [1.29, 1.82) is 0 Å². The highest BCUT2D eigenvalue weighted by Gasteiger charge is 2.45. The Morgan fingerprint density at radius 2 is 1.83 bits per heavy atom. The van der Waals surface area contributed by atoms with Gasteiger partial charge in [-0.15, -0.1) is 0 Å². The van der Waals surface area contributed by atoms with Gasteiger partial charge in [0.1, 0.15) is 0 Å². The number of benzene rings is 2. The van der Waals surface area contributed by atoms with Crippen LogP contribution in [0.5, 0.6) is 0 Å². The van der Waals surface area contributed by atoms with Gasteiger partial charge in [-0.1, -0.05) is 48.5 Å². The van der Waals surface area contributed by atoms with E-state index in [1.54, 1.807) is 0 Å². The monoisotopic (exact) mass is 317 g/mol. The smallest absolute Gasteiger partial charge is 0.226 e. The van der Waals surface area contributed by atoms with Crippen LogP contribution in [0.3, 0.4) is 0 Å². The Bertz CT molecular complexity index is 901. The summed E-state index contributed by atoms with van der Waals surface area (Å²) in [6.45, 7) is 0. The van der Waals surface area contributed by atoms with E-state index >= 15 is 0 Å². The Labute approximate surface area is 140 Å². The lowest BCUT2D eigenvalue weighted by atomic mass is 10.0. The van der Waals surface area contributed by atoms with Gasteiger partial charge in [0.25, 0.3) is 0 Å². The Kier molecular flexibility index (Phi) is 3.45. The molecule has 1 amide bonds. The second kappa shape index (κ2) is 5.64. The fraction of sp³-hybridized carbons (Fsp3) is 0.200. The van der Waals surface area contributed by atoms with E-state index < -0.39 is 0 Å². The number of hydrogen-bond donors (Lipinski definition) is 2. The van der Waals surface area contributed by atoms with Crippen LogP contribution in [-0.2, 0) is 16.8 Å². The zero-order valence-corrected chi connectivity index (χ0v) is 13.3. The van der Waals surface area contributed by atoms with Crippen molar-refractivity contribution in [2.45, 2.75) is 24.8 Å². The Morgan fingerprint density at radius 1 is 1.04 bits per heavy atom. The lowest BCUT2D eigenvalue weighted by Gasteiger charge is -2.18. The Balaban J connectivity index is 1.52. The van der Waals surface area contributed by atoms with E-state index in [9.17, 15) is 4.79 Å². The van der Waals surface area contributed by atoms with Crippen molar-refractivity contribution in [2.75, 3.05) is 5.73 Å². The minimum Gasteiger partial charge on any atom is -0.397 e. The number of amides is 1. The molecule has 4 nitrogen and oxygen atoms in total. The van der Waals surface area contributed by atoms with Gasteiger partial charge in [-0.05, 0) is 30.5 Å². The molecule has 0 saturated heterocycles. The number of nitrogens with zero attached hydrogens (tertiary/aromatic N) is 1. The number of pyridine rings is 1. The van der Waals surface area contributed by atoms with Crippen LogP contribution in [0.15, 0.2) is 60.7 Å². The topological polar surface area (TPSA) is 68.0 Å². The van der Waals surface area contributed by atoms with Gasteiger partial charge in [-0.25, -0.2) is 0 Å². The minimum absolute atomic E-state index is 0.00212. The summed E-state index contributed by atoms with van der Waals surface area (Å²) in [6, 6.07) is 19.7. The van der Waals surface area contributed by atoms with Gasteiger partial charge in [0.15, 0.2) is 0 Å².